The van der Waals surface area contributed by atoms with E-state index in [4.69, 9.17) is 9.47 Å². The molecule has 0 aromatic carbocycles. The summed E-state index contributed by atoms with van der Waals surface area (Å²) in [5.74, 6) is -0.464. The molecule has 148 valence electrons. The summed E-state index contributed by atoms with van der Waals surface area (Å²) in [6, 6.07) is -0.812. The van der Waals surface area contributed by atoms with Gasteiger partial charge in [-0.25, -0.2) is 9.59 Å². The predicted molar refractivity (Wildman–Crippen MR) is 96.5 cm³/mol. The number of amides is 1. The Kier molecular flexibility index (Phi) is 4.19. The molecule has 4 bridgehead atoms. The van der Waals surface area contributed by atoms with Gasteiger partial charge in [0.1, 0.15) is 11.6 Å². The van der Waals surface area contributed by atoms with Crippen LogP contribution in [0.3, 0.4) is 0 Å². The summed E-state index contributed by atoms with van der Waals surface area (Å²) in [6.45, 7) is 9.76. The highest BCUT2D eigenvalue weighted by atomic mass is 16.6. The van der Waals surface area contributed by atoms with Gasteiger partial charge in [-0.3, -0.25) is 0 Å². The Morgan fingerprint density at radius 2 is 1.54 bits per heavy atom. The molecule has 4 saturated carbocycles. The van der Waals surface area contributed by atoms with E-state index in [-0.39, 0.29) is 10.8 Å². The van der Waals surface area contributed by atoms with Crippen LogP contribution in [0, 0.1) is 16.2 Å². The van der Waals surface area contributed by atoms with E-state index in [1.165, 1.54) is 7.11 Å². The number of hydrogen-bond donors (Lipinski definition) is 2. The van der Waals surface area contributed by atoms with Crippen LogP contribution in [-0.2, 0) is 14.3 Å². The maximum absolute atomic E-state index is 12.7. The summed E-state index contributed by atoms with van der Waals surface area (Å²) in [4.78, 5) is 25.1. The van der Waals surface area contributed by atoms with Crippen molar-refractivity contribution in [2.45, 2.75) is 90.4 Å². The first-order chi connectivity index (χ1) is 11.7. The van der Waals surface area contributed by atoms with E-state index in [2.05, 4.69) is 19.2 Å². The van der Waals surface area contributed by atoms with E-state index >= 15 is 0 Å². The summed E-state index contributed by atoms with van der Waals surface area (Å²) in [6.07, 6.45) is 4.06. The average Bonchev–Trinajstić information content (AvgIpc) is 2.36. The van der Waals surface area contributed by atoms with Gasteiger partial charge >= 0.3 is 12.1 Å². The SMILES string of the molecule is COC(=O)[C@@H](NC(=O)OC(C)(C)C)C12CC3(C)CC(C)(CC(O)(C3)C1)C2. The Labute approximate surface area is 156 Å². The van der Waals surface area contributed by atoms with Crippen LogP contribution < -0.4 is 5.32 Å². The Bertz CT molecular complexity index is 569. The Morgan fingerprint density at radius 1 is 1.00 bits per heavy atom. The van der Waals surface area contributed by atoms with Gasteiger partial charge in [-0.1, -0.05) is 13.8 Å². The van der Waals surface area contributed by atoms with Gasteiger partial charge in [0.15, 0.2) is 0 Å². The van der Waals surface area contributed by atoms with Gasteiger partial charge in [0, 0.05) is 5.41 Å². The third-order valence-corrected chi connectivity index (χ3v) is 6.31. The number of aliphatic hydroxyl groups is 1. The highest BCUT2D eigenvalue weighted by molar-refractivity contribution is 5.82. The standard InChI is InChI=1S/C20H33NO5/c1-16(2,3)26-15(23)21-13(14(22)25-6)19-8-17(4)7-18(5,9-19)11-20(24,10-17)12-19/h13,24H,7-12H2,1-6H3,(H,21,23)/t13-,17?,18?,19?,20?/m1/s1. The van der Waals surface area contributed by atoms with E-state index in [1.54, 1.807) is 20.8 Å². The number of methoxy groups -OCH3 is 1. The number of carbonyl (C=O) groups is 2. The zero-order chi connectivity index (χ0) is 19.6. The van der Waals surface area contributed by atoms with Gasteiger partial charge in [-0.15, -0.1) is 0 Å². The van der Waals surface area contributed by atoms with Crippen molar-refractivity contribution in [1.29, 1.82) is 0 Å². The summed E-state index contributed by atoms with van der Waals surface area (Å²) in [5, 5.41) is 14.0. The maximum atomic E-state index is 12.7. The van der Waals surface area contributed by atoms with Crippen LogP contribution in [-0.4, -0.2) is 41.5 Å². The molecule has 2 unspecified atom stereocenters. The second kappa shape index (κ2) is 5.60. The lowest BCUT2D eigenvalue weighted by Gasteiger charge is -2.69. The molecule has 4 fully saturated rings. The van der Waals surface area contributed by atoms with Crippen LogP contribution in [0.5, 0.6) is 0 Å². The average molecular weight is 367 g/mol. The molecule has 0 saturated heterocycles. The zero-order valence-electron chi connectivity index (χ0n) is 16.9. The number of nitrogens with one attached hydrogen (secondary N) is 1. The molecule has 4 aliphatic carbocycles. The molecule has 2 N–H and O–H groups in total. The molecule has 4 aliphatic rings. The van der Waals surface area contributed by atoms with Gasteiger partial charge < -0.3 is 19.9 Å². The van der Waals surface area contributed by atoms with Crippen LogP contribution >= 0.6 is 0 Å². The van der Waals surface area contributed by atoms with Crippen LogP contribution in [0.2, 0.25) is 0 Å². The fourth-order valence-corrected chi connectivity index (χ4v) is 7.04. The van der Waals surface area contributed by atoms with E-state index in [1.807, 2.05) is 0 Å². The van der Waals surface area contributed by atoms with E-state index in [0.717, 1.165) is 32.1 Å². The molecule has 0 heterocycles. The molecule has 3 atom stereocenters. The molecule has 0 spiro atoms. The van der Waals surface area contributed by atoms with Gasteiger partial charge in [0.05, 0.1) is 12.7 Å². The number of ether oxygens (including phenoxy) is 2. The molecule has 6 heteroatoms. The van der Waals surface area contributed by atoms with Crippen LogP contribution in [0.15, 0.2) is 0 Å². The van der Waals surface area contributed by atoms with Crippen LogP contribution in [0.1, 0.15) is 73.1 Å². The number of rotatable bonds is 3. The van der Waals surface area contributed by atoms with Crippen molar-refractivity contribution < 1.29 is 24.2 Å². The minimum atomic E-state index is -0.812. The van der Waals surface area contributed by atoms with E-state index < -0.39 is 34.7 Å². The Hall–Kier alpha value is -1.30. The van der Waals surface area contributed by atoms with E-state index in [0.29, 0.717) is 6.42 Å². The van der Waals surface area contributed by atoms with Crippen molar-refractivity contribution in [3.8, 4) is 0 Å². The van der Waals surface area contributed by atoms with E-state index in [9.17, 15) is 14.7 Å². The van der Waals surface area contributed by atoms with Crippen molar-refractivity contribution in [3.63, 3.8) is 0 Å². The highest BCUT2D eigenvalue weighted by Crippen LogP contribution is 2.71. The Balaban J connectivity index is 1.94. The van der Waals surface area contributed by atoms with Gasteiger partial charge in [0.2, 0.25) is 0 Å². The van der Waals surface area contributed by atoms with Gasteiger partial charge in [0.25, 0.3) is 0 Å². The molecule has 6 nitrogen and oxygen atoms in total. The Morgan fingerprint density at radius 3 is 1.96 bits per heavy atom. The lowest BCUT2D eigenvalue weighted by molar-refractivity contribution is -0.233. The second-order valence-electron chi connectivity index (χ2n) is 10.9. The third-order valence-electron chi connectivity index (χ3n) is 6.31. The van der Waals surface area contributed by atoms with Crippen molar-refractivity contribution in [3.05, 3.63) is 0 Å². The molecule has 0 aliphatic heterocycles. The molecular formula is C20H33NO5. The summed E-state index contributed by atoms with van der Waals surface area (Å²) < 4.78 is 10.4. The van der Waals surface area contributed by atoms with Gasteiger partial charge in [-0.05, 0) is 70.1 Å². The first-order valence-electron chi connectivity index (χ1n) is 9.51. The molecule has 26 heavy (non-hydrogen) atoms. The number of alkyl carbamates (subject to hydrolysis) is 1. The molecule has 0 aromatic heterocycles. The fraction of sp³-hybridized carbons (Fsp3) is 0.900. The van der Waals surface area contributed by atoms with Crippen molar-refractivity contribution in [2.24, 2.45) is 16.2 Å². The number of carbonyl (C=O) groups excluding carboxylic acids is 2. The minimum Gasteiger partial charge on any atom is -0.467 e. The normalized spacial score (nSPS) is 42.3. The second-order valence-corrected chi connectivity index (χ2v) is 10.9. The molecular weight excluding hydrogens is 334 g/mol. The largest absolute Gasteiger partial charge is 0.467 e. The third kappa shape index (κ3) is 3.45. The molecule has 0 radical (unpaired) electrons. The van der Waals surface area contributed by atoms with Gasteiger partial charge in [-0.2, -0.15) is 0 Å². The smallest absolute Gasteiger partial charge is 0.408 e. The van der Waals surface area contributed by atoms with Crippen molar-refractivity contribution in [1.82, 2.24) is 5.32 Å². The van der Waals surface area contributed by atoms with Crippen molar-refractivity contribution >= 4 is 12.1 Å². The highest BCUT2D eigenvalue weighted by Gasteiger charge is 2.68. The summed E-state index contributed by atoms with van der Waals surface area (Å²) in [5.41, 5.74) is -1.99. The lowest BCUT2D eigenvalue weighted by atomic mass is 9.38. The summed E-state index contributed by atoms with van der Waals surface area (Å²) >= 11 is 0. The molecule has 1 amide bonds. The maximum Gasteiger partial charge on any atom is 0.408 e. The fourth-order valence-electron chi connectivity index (χ4n) is 7.04. The zero-order valence-corrected chi connectivity index (χ0v) is 16.9. The monoisotopic (exact) mass is 367 g/mol. The molecule has 0 aromatic rings. The van der Waals surface area contributed by atoms with Crippen LogP contribution in [0.25, 0.3) is 0 Å². The minimum absolute atomic E-state index is 0.0276. The first kappa shape index (κ1) is 19.5. The lowest BCUT2D eigenvalue weighted by Crippen LogP contribution is -2.69. The number of hydrogen-bond acceptors (Lipinski definition) is 5. The molecule has 4 rings (SSSR count). The van der Waals surface area contributed by atoms with Crippen molar-refractivity contribution in [2.75, 3.05) is 7.11 Å². The topological polar surface area (TPSA) is 84.9 Å². The predicted octanol–water partition coefficient (Wildman–Crippen LogP) is 3.16. The first-order valence-corrected chi connectivity index (χ1v) is 9.51. The quantitative estimate of drug-likeness (QED) is 0.749. The summed E-state index contributed by atoms with van der Waals surface area (Å²) in [7, 11) is 1.34. The number of esters is 1. The van der Waals surface area contributed by atoms with Crippen LogP contribution in [0.4, 0.5) is 4.79 Å².